The van der Waals surface area contributed by atoms with E-state index in [0.29, 0.717) is 17.7 Å². The Balaban J connectivity index is 1.55. The van der Waals surface area contributed by atoms with E-state index in [2.05, 4.69) is 20.2 Å². The van der Waals surface area contributed by atoms with E-state index in [4.69, 9.17) is 4.74 Å². The second-order valence-corrected chi connectivity index (χ2v) is 10.8. The lowest BCUT2D eigenvalue weighted by molar-refractivity contribution is 0.0701. The third kappa shape index (κ3) is 4.76. The quantitative estimate of drug-likeness (QED) is 0.565. The molecule has 2 heterocycles. The Bertz CT molecular complexity index is 1220. The molecule has 1 aliphatic heterocycles. The van der Waals surface area contributed by atoms with Crippen molar-refractivity contribution in [1.82, 2.24) is 14.9 Å². The van der Waals surface area contributed by atoms with Gasteiger partial charge < -0.3 is 4.74 Å². The van der Waals surface area contributed by atoms with E-state index < -0.39 is 21.7 Å². The molecule has 0 spiro atoms. The standard InChI is InChI=1S/C21H22N4O4S2/c1-13-9-10-17-15(11-13)16(12-21(2,3)29-17)25-31(27,28)20-24-23-19(30-20)22-18(26)14-7-5-4-6-8-14/h4-11,16,25H,12H2,1-3H3,(H,22,23,26)/t16-/m0/s1. The molecule has 0 fully saturated rings. The Hall–Kier alpha value is -2.82. The number of carbonyl (C=O) groups excluding carboxylic acids is 1. The van der Waals surface area contributed by atoms with Crippen LogP contribution in [-0.2, 0) is 10.0 Å². The fraction of sp³-hybridized carbons (Fsp3) is 0.286. The zero-order valence-corrected chi connectivity index (χ0v) is 18.9. The van der Waals surface area contributed by atoms with Gasteiger partial charge in [-0.2, -0.15) is 0 Å². The number of sulfonamides is 1. The van der Waals surface area contributed by atoms with Gasteiger partial charge in [0.2, 0.25) is 9.47 Å². The summed E-state index contributed by atoms with van der Waals surface area (Å²) in [5, 5.41) is 10.3. The molecule has 1 atom stereocenters. The number of fused-ring (bicyclic) bond motifs is 1. The van der Waals surface area contributed by atoms with Gasteiger partial charge in [-0.25, -0.2) is 13.1 Å². The van der Waals surface area contributed by atoms with Crippen LogP contribution in [0, 0.1) is 6.92 Å². The van der Waals surface area contributed by atoms with Gasteiger partial charge in [0.1, 0.15) is 11.4 Å². The highest BCUT2D eigenvalue weighted by atomic mass is 32.2. The van der Waals surface area contributed by atoms with Gasteiger partial charge in [0.15, 0.2) is 0 Å². The van der Waals surface area contributed by atoms with Crippen LogP contribution in [0.15, 0.2) is 52.9 Å². The lowest BCUT2D eigenvalue weighted by atomic mass is 9.89. The van der Waals surface area contributed by atoms with E-state index >= 15 is 0 Å². The average molecular weight is 459 g/mol. The van der Waals surface area contributed by atoms with Gasteiger partial charge in [-0.1, -0.05) is 47.2 Å². The molecular formula is C21H22N4O4S2. The number of hydrogen-bond acceptors (Lipinski definition) is 7. The van der Waals surface area contributed by atoms with Crippen molar-refractivity contribution < 1.29 is 17.9 Å². The summed E-state index contributed by atoms with van der Waals surface area (Å²) in [4.78, 5) is 12.3. The fourth-order valence-electron chi connectivity index (χ4n) is 3.44. The summed E-state index contributed by atoms with van der Waals surface area (Å²) in [6.45, 7) is 5.77. The third-order valence-electron chi connectivity index (χ3n) is 4.81. The Labute approximate surface area is 184 Å². The number of hydrogen-bond donors (Lipinski definition) is 2. The van der Waals surface area contributed by atoms with Crippen LogP contribution < -0.4 is 14.8 Å². The number of anilines is 1. The molecule has 31 heavy (non-hydrogen) atoms. The summed E-state index contributed by atoms with van der Waals surface area (Å²) in [6.07, 6.45) is 0.457. The molecule has 1 aromatic heterocycles. The molecule has 2 N–H and O–H groups in total. The summed E-state index contributed by atoms with van der Waals surface area (Å²) >= 11 is 0.800. The Morgan fingerprint density at radius 3 is 2.65 bits per heavy atom. The fourth-order valence-corrected chi connectivity index (χ4v) is 5.57. The van der Waals surface area contributed by atoms with Crippen LogP contribution >= 0.6 is 11.3 Å². The molecule has 0 unspecified atom stereocenters. The first kappa shape index (κ1) is 21.4. The summed E-state index contributed by atoms with van der Waals surface area (Å²) in [6, 6.07) is 13.8. The van der Waals surface area contributed by atoms with Gasteiger partial charge in [-0.3, -0.25) is 10.1 Å². The molecule has 1 aliphatic rings. The van der Waals surface area contributed by atoms with Crippen molar-refractivity contribution in [3.05, 3.63) is 65.2 Å². The van der Waals surface area contributed by atoms with Crippen LogP contribution in [0.2, 0.25) is 0 Å². The van der Waals surface area contributed by atoms with E-state index in [0.717, 1.165) is 22.5 Å². The number of aryl methyl sites for hydroxylation is 1. The molecule has 3 aromatic rings. The molecule has 8 nitrogen and oxygen atoms in total. The summed E-state index contributed by atoms with van der Waals surface area (Å²) in [7, 11) is -3.96. The van der Waals surface area contributed by atoms with E-state index in [1.807, 2.05) is 39.0 Å². The Morgan fingerprint density at radius 2 is 1.90 bits per heavy atom. The predicted octanol–water partition coefficient (Wildman–Crippen LogP) is 3.68. The number of nitrogens with zero attached hydrogens (tertiary/aromatic N) is 2. The van der Waals surface area contributed by atoms with Crippen molar-refractivity contribution in [3.8, 4) is 5.75 Å². The van der Waals surface area contributed by atoms with Gasteiger partial charge in [-0.05, 0) is 39.0 Å². The first-order chi connectivity index (χ1) is 14.6. The number of rotatable bonds is 5. The first-order valence-corrected chi connectivity index (χ1v) is 11.9. The van der Waals surface area contributed by atoms with Crippen LogP contribution in [0.1, 0.15) is 47.8 Å². The van der Waals surface area contributed by atoms with Gasteiger partial charge in [-0.15, -0.1) is 10.2 Å². The number of amides is 1. The minimum absolute atomic E-state index is 0.109. The maximum Gasteiger partial charge on any atom is 0.270 e. The number of nitrogens with one attached hydrogen (secondary N) is 2. The topological polar surface area (TPSA) is 110 Å². The summed E-state index contributed by atoms with van der Waals surface area (Å²) in [5.41, 5.74) is 1.69. The lowest BCUT2D eigenvalue weighted by Gasteiger charge is -2.37. The molecule has 0 bridgehead atoms. The lowest BCUT2D eigenvalue weighted by Crippen LogP contribution is -2.41. The molecule has 0 radical (unpaired) electrons. The monoisotopic (exact) mass is 458 g/mol. The second-order valence-electron chi connectivity index (χ2n) is 7.97. The maximum atomic E-state index is 13.0. The highest BCUT2D eigenvalue weighted by Crippen LogP contribution is 2.40. The molecule has 4 rings (SSSR count). The molecule has 2 aromatic carbocycles. The SMILES string of the molecule is Cc1ccc2c(c1)[C@@H](NS(=O)(=O)c1nnc(NC(=O)c3ccccc3)s1)CC(C)(C)O2. The van der Waals surface area contributed by atoms with E-state index in [1.54, 1.807) is 30.3 Å². The molecular weight excluding hydrogens is 436 g/mol. The third-order valence-corrected chi connectivity index (χ3v) is 7.49. The van der Waals surface area contributed by atoms with Crippen molar-refractivity contribution in [2.24, 2.45) is 0 Å². The van der Waals surface area contributed by atoms with E-state index in [1.165, 1.54) is 0 Å². The van der Waals surface area contributed by atoms with Gasteiger partial charge in [0, 0.05) is 17.5 Å². The van der Waals surface area contributed by atoms with Gasteiger partial charge in [0.05, 0.1) is 6.04 Å². The first-order valence-electron chi connectivity index (χ1n) is 9.65. The summed E-state index contributed by atoms with van der Waals surface area (Å²) < 4.78 is 34.6. The van der Waals surface area contributed by atoms with Gasteiger partial charge in [0.25, 0.3) is 15.9 Å². The minimum Gasteiger partial charge on any atom is -0.487 e. The average Bonchev–Trinajstić information content (AvgIpc) is 3.18. The highest BCUT2D eigenvalue weighted by molar-refractivity contribution is 7.91. The van der Waals surface area contributed by atoms with Crippen LogP contribution in [0.4, 0.5) is 5.13 Å². The zero-order chi connectivity index (χ0) is 22.2. The van der Waals surface area contributed by atoms with E-state index in [9.17, 15) is 13.2 Å². The second kappa shape index (κ2) is 8.03. The normalized spacial score (nSPS) is 17.5. The Kier molecular flexibility index (Phi) is 5.54. The molecule has 0 saturated heterocycles. The summed E-state index contributed by atoms with van der Waals surface area (Å²) in [5.74, 6) is 0.270. The molecule has 0 aliphatic carbocycles. The number of carbonyl (C=O) groups is 1. The zero-order valence-electron chi connectivity index (χ0n) is 17.2. The highest BCUT2D eigenvalue weighted by Gasteiger charge is 2.37. The number of aromatic nitrogens is 2. The maximum absolute atomic E-state index is 13.0. The van der Waals surface area contributed by atoms with Crippen molar-refractivity contribution in [3.63, 3.8) is 0 Å². The minimum atomic E-state index is -3.96. The largest absolute Gasteiger partial charge is 0.487 e. The predicted molar refractivity (Wildman–Crippen MR) is 118 cm³/mol. The smallest absolute Gasteiger partial charge is 0.270 e. The van der Waals surface area contributed by atoms with Crippen LogP contribution in [0.25, 0.3) is 0 Å². The Morgan fingerprint density at radius 1 is 1.16 bits per heavy atom. The number of benzene rings is 2. The molecule has 0 saturated carbocycles. The number of ether oxygens (including phenoxy) is 1. The van der Waals surface area contributed by atoms with Crippen molar-refractivity contribution in [1.29, 1.82) is 0 Å². The van der Waals surface area contributed by atoms with Crippen LogP contribution in [-0.4, -0.2) is 30.1 Å². The molecule has 1 amide bonds. The van der Waals surface area contributed by atoms with Crippen molar-refractivity contribution in [2.75, 3.05) is 5.32 Å². The van der Waals surface area contributed by atoms with Crippen molar-refractivity contribution >= 4 is 32.4 Å². The van der Waals surface area contributed by atoms with E-state index in [-0.39, 0.29) is 15.4 Å². The molecule has 10 heteroatoms. The van der Waals surface area contributed by atoms with Crippen LogP contribution in [0.5, 0.6) is 5.75 Å². The molecule has 162 valence electrons. The van der Waals surface area contributed by atoms with Crippen molar-refractivity contribution in [2.45, 2.75) is 43.2 Å². The van der Waals surface area contributed by atoms with Gasteiger partial charge >= 0.3 is 0 Å². The van der Waals surface area contributed by atoms with Crippen LogP contribution in [0.3, 0.4) is 0 Å².